The number of pyridine rings is 1. The summed E-state index contributed by atoms with van der Waals surface area (Å²) >= 11 is 0. The van der Waals surface area contributed by atoms with Crippen molar-refractivity contribution < 1.29 is 4.79 Å². The predicted octanol–water partition coefficient (Wildman–Crippen LogP) is 2.55. The Balaban J connectivity index is 2.09. The van der Waals surface area contributed by atoms with E-state index in [2.05, 4.69) is 11.9 Å². The van der Waals surface area contributed by atoms with Crippen molar-refractivity contribution in [2.75, 3.05) is 0 Å². The molecule has 0 aliphatic heterocycles. The molecule has 0 amide bonds. The topological polar surface area (TPSA) is 30.0 Å². The van der Waals surface area contributed by atoms with E-state index in [4.69, 9.17) is 0 Å². The Kier molecular flexibility index (Phi) is 2.95. The summed E-state index contributed by atoms with van der Waals surface area (Å²) in [6.45, 7) is 2.13. The number of ketones is 1. The smallest absolute Gasteiger partial charge is 0.155 e. The van der Waals surface area contributed by atoms with Crippen LogP contribution in [-0.4, -0.2) is 10.8 Å². The van der Waals surface area contributed by atoms with Crippen LogP contribution < -0.4 is 0 Å². The Hall–Kier alpha value is -1.44. The molecular formula is C13H15NO. The van der Waals surface area contributed by atoms with Crippen molar-refractivity contribution in [2.45, 2.75) is 26.2 Å². The zero-order valence-corrected chi connectivity index (χ0v) is 8.94. The quantitative estimate of drug-likeness (QED) is 0.736. The number of carbonyl (C=O) groups is 1. The van der Waals surface area contributed by atoms with Gasteiger partial charge in [0.25, 0.3) is 0 Å². The van der Waals surface area contributed by atoms with Crippen LogP contribution in [0.2, 0.25) is 0 Å². The summed E-state index contributed by atoms with van der Waals surface area (Å²) in [7, 11) is 0. The van der Waals surface area contributed by atoms with Crippen LogP contribution in [0, 0.1) is 5.92 Å². The van der Waals surface area contributed by atoms with E-state index >= 15 is 0 Å². The first kappa shape index (κ1) is 10.1. The molecule has 1 aliphatic rings. The Bertz CT molecular complexity index is 381. The van der Waals surface area contributed by atoms with Gasteiger partial charge in [-0.05, 0) is 30.5 Å². The second-order valence-corrected chi connectivity index (χ2v) is 4.28. The third kappa shape index (κ3) is 2.75. The van der Waals surface area contributed by atoms with E-state index in [1.165, 1.54) is 5.57 Å². The van der Waals surface area contributed by atoms with Crippen LogP contribution in [0.3, 0.4) is 0 Å². The minimum atomic E-state index is 0.264. The van der Waals surface area contributed by atoms with Gasteiger partial charge >= 0.3 is 0 Å². The van der Waals surface area contributed by atoms with E-state index in [-0.39, 0.29) is 5.78 Å². The molecule has 0 radical (unpaired) electrons. The van der Waals surface area contributed by atoms with Crippen molar-refractivity contribution in [3.8, 4) is 0 Å². The highest BCUT2D eigenvalue weighted by Gasteiger charge is 2.16. The van der Waals surface area contributed by atoms with Gasteiger partial charge in [0.1, 0.15) is 0 Å². The van der Waals surface area contributed by atoms with Gasteiger partial charge in [0.2, 0.25) is 0 Å². The van der Waals surface area contributed by atoms with Crippen molar-refractivity contribution in [2.24, 2.45) is 5.92 Å². The molecule has 1 aromatic heterocycles. The average molecular weight is 201 g/mol. The van der Waals surface area contributed by atoms with Gasteiger partial charge in [-0.2, -0.15) is 0 Å². The molecule has 15 heavy (non-hydrogen) atoms. The van der Waals surface area contributed by atoms with Crippen molar-refractivity contribution in [3.05, 3.63) is 41.7 Å². The molecule has 1 aromatic rings. The average Bonchev–Trinajstić information content (AvgIpc) is 2.17. The summed E-state index contributed by atoms with van der Waals surface area (Å²) in [6, 6.07) is 5.90. The molecule has 0 aromatic carbocycles. The van der Waals surface area contributed by atoms with Crippen molar-refractivity contribution in [1.82, 2.24) is 4.98 Å². The van der Waals surface area contributed by atoms with Crippen molar-refractivity contribution >= 4 is 5.78 Å². The fraction of sp³-hybridized carbons (Fsp3) is 0.385. The Morgan fingerprint density at radius 2 is 2.27 bits per heavy atom. The fourth-order valence-electron chi connectivity index (χ4n) is 2.07. The lowest BCUT2D eigenvalue weighted by Gasteiger charge is -2.17. The molecule has 0 bridgehead atoms. The third-order valence-electron chi connectivity index (χ3n) is 2.66. The van der Waals surface area contributed by atoms with Gasteiger partial charge in [-0.1, -0.05) is 18.6 Å². The van der Waals surface area contributed by atoms with Crippen LogP contribution in [0.5, 0.6) is 0 Å². The first-order chi connectivity index (χ1) is 7.24. The lowest BCUT2D eigenvalue weighted by Crippen LogP contribution is -2.12. The summed E-state index contributed by atoms with van der Waals surface area (Å²) < 4.78 is 0. The molecule has 2 heteroatoms. The lowest BCUT2D eigenvalue weighted by atomic mass is 9.87. The normalized spacial score (nSPS) is 21.3. The monoisotopic (exact) mass is 201 g/mol. The lowest BCUT2D eigenvalue weighted by molar-refractivity contribution is -0.115. The van der Waals surface area contributed by atoms with Gasteiger partial charge < -0.3 is 0 Å². The molecule has 1 heterocycles. The van der Waals surface area contributed by atoms with Crippen LogP contribution in [0.4, 0.5) is 0 Å². The summed E-state index contributed by atoms with van der Waals surface area (Å²) in [5.74, 6) is 0.751. The van der Waals surface area contributed by atoms with Gasteiger partial charge in [-0.15, -0.1) is 0 Å². The zero-order chi connectivity index (χ0) is 10.7. The summed E-state index contributed by atoms with van der Waals surface area (Å²) in [5, 5.41) is 0. The van der Waals surface area contributed by atoms with E-state index in [0.29, 0.717) is 12.3 Å². The number of allylic oxidation sites excluding steroid dienone is 2. The van der Waals surface area contributed by atoms with Crippen molar-refractivity contribution in [1.29, 1.82) is 0 Å². The molecule has 78 valence electrons. The standard InChI is InChI=1S/C13H15NO/c1-10-6-11(9-13(15)7-10)8-12-4-2-3-5-14-12/h2-5,9-10H,6-8H2,1H3. The summed E-state index contributed by atoms with van der Waals surface area (Å²) in [6.07, 6.45) is 6.14. The Labute approximate surface area is 90.0 Å². The number of aromatic nitrogens is 1. The molecule has 1 aliphatic carbocycles. The second-order valence-electron chi connectivity index (χ2n) is 4.28. The van der Waals surface area contributed by atoms with Crippen LogP contribution in [0.15, 0.2) is 36.0 Å². The number of hydrogen-bond acceptors (Lipinski definition) is 2. The van der Waals surface area contributed by atoms with Crippen LogP contribution in [0.25, 0.3) is 0 Å². The minimum Gasteiger partial charge on any atom is -0.295 e. The molecule has 0 spiro atoms. The van der Waals surface area contributed by atoms with Gasteiger partial charge in [0.15, 0.2) is 5.78 Å². The van der Waals surface area contributed by atoms with Gasteiger partial charge in [0, 0.05) is 24.7 Å². The molecule has 0 fully saturated rings. The van der Waals surface area contributed by atoms with Gasteiger partial charge in [0.05, 0.1) is 0 Å². The van der Waals surface area contributed by atoms with E-state index in [9.17, 15) is 4.79 Å². The highest BCUT2D eigenvalue weighted by Crippen LogP contribution is 2.23. The first-order valence-corrected chi connectivity index (χ1v) is 5.36. The maximum Gasteiger partial charge on any atom is 0.155 e. The summed E-state index contributed by atoms with van der Waals surface area (Å²) in [5.41, 5.74) is 2.27. The molecule has 0 N–H and O–H groups in total. The first-order valence-electron chi connectivity index (χ1n) is 5.36. The SMILES string of the molecule is CC1CC(=O)C=C(Cc2ccccn2)C1. The summed E-state index contributed by atoms with van der Waals surface area (Å²) in [4.78, 5) is 15.6. The predicted molar refractivity (Wildman–Crippen MR) is 59.4 cm³/mol. The number of nitrogens with zero attached hydrogens (tertiary/aromatic N) is 1. The van der Waals surface area contributed by atoms with Crippen LogP contribution in [-0.2, 0) is 11.2 Å². The number of hydrogen-bond donors (Lipinski definition) is 0. The maximum absolute atomic E-state index is 11.4. The number of carbonyl (C=O) groups excluding carboxylic acids is 1. The van der Waals surface area contributed by atoms with Gasteiger partial charge in [-0.25, -0.2) is 0 Å². The molecular weight excluding hydrogens is 186 g/mol. The Morgan fingerprint density at radius 3 is 2.93 bits per heavy atom. The number of rotatable bonds is 2. The molecule has 1 unspecified atom stereocenters. The van der Waals surface area contributed by atoms with E-state index < -0.39 is 0 Å². The molecule has 2 nitrogen and oxygen atoms in total. The Morgan fingerprint density at radius 1 is 1.40 bits per heavy atom. The fourth-order valence-corrected chi connectivity index (χ4v) is 2.07. The van der Waals surface area contributed by atoms with E-state index in [0.717, 1.165) is 18.5 Å². The second kappa shape index (κ2) is 4.39. The molecule has 0 saturated heterocycles. The third-order valence-corrected chi connectivity index (χ3v) is 2.66. The van der Waals surface area contributed by atoms with Gasteiger partial charge in [-0.3, -0.25) is 9.78 Å². The van der Waals surface area contributed by atoms with E-state index in [1.54, 1.807) is 12.3 Å². The highest BCUT2D eigenvalue weighted by molar-refractivity contribution is 5.91. The minimum absolute atomic E-state index is 0.264. The zero-order valence-electron chi connectivity index (χ0n) is 8.94. The molecule has 2 rings (SSSR count). The largest absolute Gasteiger partial charge is 0.295 e. The molecule has 0 saturated carbocycles. The van der Waals surface area contributed by atoms with Crippen molar-refractivity contribution in [3.63, 3.8) is 0 Å². The maximum atomic E-state index is 11.4. The molecule has 1 atom stereocenters. The van der Waals surface area contributed by atoms with E-state index in [1.807, 2.05) is 18.2 Å². The highest BCUT2D eigenvalue weighted by atomic mass is 16.1. The van der Waals surface area contributed by atoms with Crippen LogP contribution >= 0.6 is 0 Å². The van der Waals surface area contributed by atoms with Crippen LogP contribution in [0.1, 0.15) is 25.5 Å².